The van der Waals surface area contributed by atoms with Crippen LogP contribution in [0.5, 0.6) is 0 Å². The number of carbonyl (C=O) groups excluding carboxylic acids is 1. The Labute approximate surface area is 202 Å². The maximum absolute atomic E-state index is 13.7. The number of benzene rings is 2. The SMILES string of the molecule is Cc1cc(C)n(Cc2cccc(NC(=O)c3cc4c(C(F)(F)F)nn(-c5ccccc5)c4s3)c2)n1. The Morgan fingerprint density at radius 2 is 1.77 bits per heavy atom. The maximum atomic E-state index is 13.7. The van der Waals surface area contributed by atoms with Crippen LogP contribution in [0.1, 0.15) is 32.3 Å². The lowest BCUT2D eigenvalue weighted by molar-refractivity contribution is -0.140. The Kier molecular flexibility index (Phi) is 5.68. The average molecular weight is 496 g/mol. The predicted octanol–water partition coefficient (Wildman–Crippen LogP) is 6.22. The minimum Gasteiger partial charge on any atom is -0.321 e. The van der Waals surface area contributed by atoms with E-state index in [0.717, 1.165) is 28.3 Å². The highest BCUT2D eigenvalue weighted by molar-refractivity contribution is 7.20. The van der Waals surface area contributed by atoms with Gasteiger partial charge in [0.25, 0.3) is 5.91 Å². The first kappa shape index (κ1) is 22.9. The van der Waals surface area contributed by atoms with Gasteiger partial charge in [0.15, 0.2) is 5.69 Å². The largest absolute Gasteiger partial charge is 0.435 e. The fourth-order valence-corrected chi connectivity index (χ4v) is 4.95. The fraction of sp³-hybridized carbons (Fsp3) is 0.160. The number of amides is 1. The van der Waals surface area contributed by atoms with Crippen LogP contribution in [0, 0.1) is 13.8 Å². The van der Waals surface area contributed by atoms with Crippen LogP contribution in [0.4, 0.5) is 18.9 Å². The molecule has 3 heterocycles. The van der Waals surface area contributed by atoms with Gasteiger partial charge in [0.2, 0.25) is 0 Å². The number of halogens is 3. The third-order valence-corrected chi connectivity index (χ3v) is 6.58. The van der Waals surface area contributed by atoms with Crippen molar-refractivity contribution in [1.29, 1.82) is 0 Å². The lowest BCUT2D eigenvalue weighted by Crippen LogP contribution is -2.11. The second-order valence-electron chi connectivity index (χ2n) is 8.16. The smallest absolute Gasteiger partial charge is 0.321 e. The molecule has 1 amide bonds. The second-order valence-corrected chi connectivity index (χ2v) is 9.19. The molecule has 178 valence electrons. The summed E-state index contributed by atoms with van der Waals surface area (Å²) in [6.45, 7) is 4.43. The summed E-state index contributed by atoms with van der Waals surface area (Å²) in [5.41, 5.74) is 2.90. The molecule has 5 aromatic rings. The molecule has 0 unspecified atom stereocenters. The number of aryl methyl sites for hydroxylation is 2. The van der Waals surface area contributed by atoms with Crippen molar-refractivity contribution in [2.45, 2.75) is 26.6 Å². The topological polar surface area (TPSA) is 64.7 Å². The summed E-state index contributed by atoms with van der Waals surface area (Å²) in [4.78, 5) is 13.4. The van der Waals surface area contributed by atoms with Crippen LogP contribution in [0.3, 0.4) is 0 Å². The van der Waals surface area contributed by atoms with Crippen LogP contribution in [-0.2, 0) is 12.7 Å². The van der Waals surface area contributed by atoms with Gasteiger partial charge in [-0.1, -0.05) is 30.3 Å². The average Bonchev–Trinajstić information content (AvgIpc) is 3.47. The quantitative estimate of drug-likeness (QED) is 0.315. The molecule has 0 aliphatic heterocycles. The summed E-state index contributed by atoms with van der Waals surface area (Å²) in [5.74, 6) is -0.484. The van der Waals surface area contributed by atoms with E-state index in [-0.39, 0.29) is 15.1 Å². The predicted molar refractivity (Wildman–Crippen MR) is 129 cm³/mol. The molecule has 0 fully saturated rings. The molecule has 0 saturated carbocycles. The van der Waals surface area contributed by atoms with Crippen LogP contribution < -0.4 is 5.32 Å². The van der Waals surface area contributed by atoms with Crippen LogP contribution >= 0.6 is 11.3 Å². The number of nitrogens with zero attached hydrogens (tertiary/aromatic N) is 4. The molecule has 0 bridgehead atoms. The van der Waals surface area contributed by atoms with Gasteiger partial charge < -0.3 is 5.32 Å². The summed E-state index contributed by atoms with van der Waals surface area (Å²) in [5, 5.41) is 11.0. The van der Waals surface area contributed by atoms with Gasteiger partial charge >= 0.3 is 6.18 Å². The van der Waals surface area contributed by atoms with Crippen molar-refractivity contribution in [3.63, 3.8) is 0 Å². The van der Waals surface area contributed by atoms with E-state index in [9.17, 15) is 18.0 Å². The van der Waals surface area contributed by atoms with Gasteiger partial charge in [0.1, 0.15) is 4.83 Å². The normalized spacial score (nSPS) is 11.8. The first-order valence-corrected chi connectivity index (χ1v) is 11.6. The van der Waals surface area contributed by atoms with E-state index in [2.05, 4.69) is 15.5 Å². The molecular weight excluding hydrogens is 475 g/mol. The Hall–Kier alpha value is -3.92. The van der Waals surface area contributed by atoms with Crippen molar-refractivity contribution in [3.05, 3.63) is 94.3 Å². The van der Waals surface area contributed by atoms with Gasteiger partial charge in [-0.15, -0.1) is 11.3 Å². The lowest BCUT2D eigenvalue weighted by Gasteiger charge is -2.08. The molecule has 0 radical (unpaired) electrons. The molecule has 0 aliphatic rings. The Balaban J connectivity index is 1.45. The summed E-state index contributed by atoms with van der Waals surface area (Å²) in [6, 6.07) is 19.1. The van der Waals surface area contributed by atoms with Crippen molar-refractivity contribution >= 4 is 33.1 Å². The number of hydrogen-bond acceptors (Lipinski definition) is 4. The van der Waals surface area contributed by atoms with Gasteiger partial charge in [-0.3, -0.25) is 9.48 Å². The van der Waals surface area contributed by atoms with Crippen LogP contribution in [-0.4, -0.2) is 25.5 Å². The molecular formula is C25H20F3N5OS. The monoisotopic (exact) mass is 495 g/mol. The van der Waals surface area contributed by atoms with Gasteiger partial charge in [-0.25, -0.2) is 4.68 Å². The second kappa shape index (κ2) is 8.70. The number of nitrogens with one attached hydrogen (secondary N) is 1. The Morgan fingerprint density at radius 3 is 2.46 bits per heavy atom. The van der Waals surface area contributed by atoms with E-state index in [1.165, 1.54) is 10.7 Å². The van der Waals surface area contributed by atoms with Crippen molar-refractivity contribution < 1.29 is 18.0 Å². The van der Waals surface area contributed by atoms with Crippen molar-refractivity contribution in [1.82, 2.24) is 19.6 Å². The molecule has 1 N–H and O–H groups in total. The zero-order chi connectivity index (χ0) is 24.7. The number of aromatic nitrogens is 4. The molecule has 0 spiro atoms. The first-order valence-electron chi connectivity index (χ1n) is 10.8. The van der Waals surface area contributed by atoms with E-state index < -0.39 is 17.8 Å². The Morgan fingerprint density at radius 1 is 1.00 bits per heavy atom. The van der Waals surface area contributed by atoms with Gasteiger partial charge in [-0.05, 0) is 55.8 Å². The molecule has 6 nitrogen and oxygen atoms in total. The van der Waals surface area contributed by atoms with E-state index in [1.54, 1.807) is 36.4 Å². The van der Waals surface area contributed by atoms with E-state index in [4.69, 9.17) is 0 Å². The molecule has 0 atom stereocenters. The third-order valence-electron chi connectivity index (χ3n) is 5.47. The molecule has 3 aromatic heterocycles. The summed E-state index contributed by atoms with van der Waals surface area (Å²) < 4.78 is 44.1. The number of rotatable bonds is 5. The number of fused-ring (bicyclic) bond motifs is 1. The first-order chi connectivity index (χ1) is 16.7. The summed E-state index contributed by atoms with van der Waals surface area (Å²) >= 11 is 0.969. The van der Waals surface area contributed by atoms with Crippen molar-refractivity contribution in [3.8, 4) is 5.69 Å². The van der Waals surface area contributed by atoms with E-state index in [0.29, 0.717) is 17.9 Å². The number of alkyl halides is 3. The maximum Gasteiger partial charge on any atom is 0.435 e. The van der Waals surface area contributed by atoms with E-state index in [1.807, 2.05) is 42.8 Å². The zero-order valence-electron chi connectivity index (χ0n) is 18.8. The molecule has 5 rings (SSSR count). The third kappa shape index (κ3) is 4.57. The highest BCUT2D eigenvalue weighted by Crippen LogP contribution is 2.39. The Bertz CT molecular complexity index is 1530. The van der Waals surface area contributed by atoms with Gasteiger partial charge in [-0.2, -0.15) is 23.4 Å². The molecule has 0 saturated heterocycles. The zero-order valence-corrected chi connectivity index (χ0v) is 19.6. The van der Waals surface area contributed by atoms with Crippen LogP contribution in [0.25, 0.3) is 15.9 Å². The molecule has 0 aliphatic carbocycles. The van der Waals surface area contributed by atoms with Gasteiger partial charge in [0.05, 0.1) is 22.8 Å². The summed E-state index contributed by atoms with van der Waals surface area (Å²) in [6.07, 6.45) is -4.65. The minimum absolute atomic E-state index is 0.102. The number of para-hydroxylation sites is 1. The highest BCUT2D eigenvalue weighted by atomic mass is 32.1. The van der Waals surface area contributed by atoms with Crippen molar-refractivity contribution in [2.24, 2.45) is 0 Å². The van der Waals surface area contributed by atoms with E-state index >= 15 is 0 Å². The van der Waals surface area contributed by atoms with Crippen molar-refractivity contribution in [2.75, 3.05) is 5.32 Å². The molecule has 2 aromatic carbocycles. The number of thiophene rings is 1. The number of anilines is 1. The van der Waals surface area contributed by atoms with Gasteiger partial charge in [0, 0.05) is 16.8 Å². The number of carbonyl (C=O) groups is 1. The van der Waals surface area contributed by atoms with Crippen LogP contribution in [0.15, 0.2) is 66.7 Å². The standard InChI is InChI=1S/C25H20F3N5OS/c1-15-11-16(2)32(30-15)14-17-7-6-8-18(12-17)29-23(34)21-13-20-22(25(26,27)28)31-33(24(20)35-21)19-9-4-3-5-10-19/h3-13H,14H2,1-2H3,(H,29,34). The highest BCUT2D eigenvalue weighted by Gasteiger charge is 2.38. The minimum atomic E-state index is -4.65. The molecule has 10 heteroatoms. The molecule has 35 heavy (non-hydrogen) atoms. The number of hydrogen-bond donors (Lipinski definition) is 1. The summed E-state index contributed by atoms with van der Waals surface area (Å²) in [7, 11) is 0. The van der Waals surface area contributed by atoms with Crippen LogP contribution in [0.2, 0.25) is 0 Å². The fourth-order valence-electron chi connectivity index (χ4n) is 3.92. The lowest BCUT2D eigenvalue weighted by atomic mass is 10.2.